The van der Waals surface area contributed by atoms with Crippen molar-refractivity contribution in [2.75, 3.05) is 18.8 Å². The molecule has 2 fully saturated rings. The van der Waals surface area contributed by atoms with Gasteiger partial charge in [-0.2, -0.15) is 5.10 Å². The molecule has 32 heavy (non-hydrogen) atoms. The molecule has 0 unspecified atom stereocenters. The summed E-state index contributed by atoms with van der Waals surface area (Å²) in [4.78, 5) is 26.0. The van der Waals surface area contributed by atoms with Gasteiger partial charge in [-0.05, 0) is 69.2 Å². The molecule has 1 aliphatic heterocycles. The number of likely N-dealkylation sites (tertiary alicyclic amines) is 1. The molecule has 0 radical (unpaired) electrons. The van der Waals surface area contributed by atoms with E-state index in [-0.39, 0.29) is 29.4 Å². The van der Waals surface area contributed by atoms with Crippen LogP contribution in [0, 0.1) is 11.8 Å². The first kappa shape index (κ1) is 21.8. The zero-order valence-electron chi connectivity index (χ0n) is 18.3. The van der Waals surface area contributed by atoms with Crippen LogP contribution in [0.1, 0.15) is 61.8 Å². The van der Waals surface area contributed by atoms with Gasteiger partial charge in [0.25, 0.3) is 11.8 Å². The number of nitrogens with two attached hydrogens (primary N) is 2. The van der Waals surface area contributed by atoms with E-state index < -0.39 is 5.91 Å². The van der Waals surface area contributed by atoms with E-state index in [0.29, 0.717) is 25.2 Å². The highest BCUT2D eigenvalue weighted by atomic mass is 16.5. The Morgan fingerprint density at radius 3 is 2.50 bits per heavy atom. The second-order valence-electron chi connectivity index (χ2n) is 8.39. The smallest absolute Gasteiger partial charge is 0.298 e. The molecule has 1 saturated carbocycles. The van der Waals surface area contributed by atoms with Crippen LogP contribution in [0.3, 0.4) is 0 Å². The number of hydrogen-bond donors (Lipinski definition) is 2. The molecule has 1 aromatic heterocycles. The Labute approximate surface area is 187 Å². The first-order valence-corrected chi connectivity index (χ1v) is 11.1. The van der Waals surface area contributed by atoms with Gasteiger partial charge in [-0.15, -0.1) is 0 Å². The van der Waals surface area contributed by atoms with E-state index >= 15 is 0 Å². The van der Waals surface area contributed by atoms with E-state index in [4.69, 9.17) is 16.2 Å². The first-order chi connectivity index (χ1) is 15.5. The minimum atomic E-state index is -0.630. The highest BCUT2D eigenvalue weighted by Gasteiger charge is 2.31. The predicted molar refractivity (Wildman–Crippen MR) is 122 cm³/mol. The molecule has 1 aliphatic carbocycles. The monoisotopic (exact) mass is 435 g/mol. The summed E-state index contributed by atoms with van der Waals surface area (Å²) in [5, 5.41) is 4.64. The molecule has 4 N–H and O–H groups in total. The van der Waals surface area contributed by atoms with E-state index in [1.807, 2.05) is 24.3 Å². The molecular weight excluding hydrogens is 406 g/mol. The number of rotatable bonds is 5. The normalized spacial score (nSPS) is 18.8. The maximum absolute atomic E-state index is 12.2. The van der Waals surface area contributed by atoms with Crippen LogP contribution in [0.25, 0.3) is 11.3 Å². The van der Waals surface area contributed by atoms with Crippen LogP contribution in [0.2, 0.25) is 0 Å². The molecule has 1 saturated heterocycles. The SMILES string of the molecule is CC#CC(=O)N1CC[C@@H](n2nc(-c3ccc(OC4CCCCC4)cc3)c(C(N)=O)c2N)C1. The van der Waals surface area contributed by atoms with Gasteiger partial charge in [0.15, 0.2) is 0 Å². The minimum absolute atomic E-state index is 0.140. The molecule has 2 aliphatic rings. The van der Waals surface area contributed by atoms with Gasteiger partial charge < -0.3 is 21.1 Å². The van der Waals surface area contributed by atoms with Crippen LogP contribution < -0.4 is 16.2 Å². The lowest BCUT2D eigenvalue weighted by Crippen LogP contribution is -2.28. The molecule has 4 rings (SSSR count). The second kappa shape index (κ2) is 9.35. The summed E-state index contributed by atoms with van der Waals surface area (Å²) in [5.74, 6) is 5.36. The summed E-state index contributed by atoms with van der Waals surface area (Å²) in [6, 6.07) is 7.39. The third kappa shape index (κ3) is 4.42. The Morgan fingerprint density at radius 2 is 1.84 bits per heavy atom. The molecule has 2 amide bonds. The standard InChI is InChI=1S/C24H29N5O3/c1-2-6-20(30)28-14-13-17(15-28)29-23(25)21(24(26)31)22(27-29)16-9-11-19(12-10-16)32-18-7-4-3-5-8-18/h9-12,17-18H,3-5,7-8,13-15,25H2,1H3,(H2,26,31)/t17-/m1/s1. The summed E-state index contributed by atoms with van der Waals surface area (Å²) < 4.78 is 7.72. The van der Waals surface area contributed by atoms with E-state index in [9.17, 15) is 9.59 Å². The Morgan fingerprint density at radius 1 is 1.12 bits per heavy atom. The van der Waals surface area contributed by atoms with Gasteiger partial charge in [0.05, 0.1) is 12.1 Å². The van der Waals surface area contributed by atoms with E-state index in [1.165, 1.54) is 19.3 Å². The van der Waals surface area contributed by atoms with Crippen molar-refractivity contribution >= 4 is 17.6 Å². The average Bonchev–Trinajstić information content (AvgIpc) is 3.40. The van der Waals surface area contributed by atoms with Crippen LogP contribution in [-0.2, 0) is 4.79 Å². The Kier molecular flexibility index (Phi) is 6.35. The van der Waals surface area contributed by atoms with Crippen molar-refractivity contribution in [3.05, 3.63) is 29.8 Å². The zero-order valence-corrected chi connectivity index (χ0v) is 18.3. The Bertz CT molecular complexity index is 1060. The lowest BCUT2D eigenvalue weighted by molar-refractivity contribution is -0.124. The fourth-order valence-corrected chi connectivity index (χ4v) is 4.55. The number of carbonyl (C=O) groups excluding carboxylic acids is 2. The number of carbonyl (C=O) groups is 2. The fourth-order valence-electron chi connectivity index (χ4n) is 4.55. The van der Waals surface area contributed by atoms with Crippen molar-refractivity contribution in [3.63, 3.8) is 0 Å². The van der Waals surface area contributed by atoms with Crippen LogP contribution in [-0.4, -0.2) is 45.7 Å². The largest absolute Gasteiger partial charge is 0.490 e. The summed E-state index contributed by atoms with van der Waals surface area (Å²) in [7, 11) is 0. The number of hydrogen-bond acceptors (Lipinski definition) is 5. The van der Waals surface area contributed by atoms with E-state index in [0.717, 1.165) is 24.2 Å². The van der Waals surface area contributed by atoms with Crippen LogP contribution in [0.5, 0.6) is 5.75 Å². The molecule has 168 valence electrons. The predicted octanol–water partition coefficient (Wildman–Crippen LogP) is 2.74. The molecule has 2 aromatic rings. The Balaban J connectivity index is 1.57. The molecule has 0 bridgehead atoms. The lowest BCUT2D eigenvalue weighted by atomic mass is 9.98. The number of nitrogens with zero attached hydrogens (tertiary/aromatic N) is 3. The lowest BCUT2D eigenvalue weighted by Gasteiger charge is -2.23. The average molecular weight is 436 g/mol. The van der Waals surface area contributed by atoms with Crippen molar-refractivity contribution in [1.29, 1.82) is 0 Å². The highest BCUT2D eigenvalue weighted by molar-refractivity contribution is 6.03. The highest BCUT2D eigenvalue weighted by Crippen LogP contribution is 2.33. The van der Waals surface area contributed by atoms with Gasteiger partial charge in [-0.25, -0.2) is 4.68 Å². The van der Waals surface area contributed by atoms with E-state index in [2.05, 4.69) is 16.9 Å². The van der Waals surface area contributed by atoms with Gasteiger partial charge in [-0.1, -0.05) is 12.3 Å². The number of ether oxygens (including phenoxy) is 1. The van der Waals surface area contributed by atoms with Crippen LogP contribution >= 0.6 is 0 Å². The number of amides is 2. The summed E-state index contributed by atoms with van der Waals surface area (Å²) in [5.41, 5.74) is 13.3. The quantitative estimate of drug-likeness (QED) is 0.701. The summed E-state index contributed by atoms with van der Waals surface area (Å²) in [6.45, 7) is 2.63. The van der Waals surface area contributed by atoms with Gasteiger partial charge >= 0.3 is 0 Å². The van der Waals surface area contributed by atoms with Crippen LogP contribution in [0.4, 0.5) is 5.82 Å². The number of anilines is 1. The molecule has 1 aromatic carbocycles. The Hall–Kier alpha value is -3.47. The summed E-state index contributed by atoms with van der Waals surface area (Å²) >= 11 is 0. The molecular formula is C24H29N5O3. The molecule has 8 heteroatoms. The maximum Gasteiger partial charge on any atom is 0.298 e. The van der Waals surface area contributed by atoms with Gasteiger partial charge in [-0.3, -0.25) is 9.59 Å². The topological polar surface area (TPSA) is 116 Å². The summed E-state index contributed by atoms with van der Waals surface area (Å²) in [6.07, 6.45) is 6.79. The van der Waals surface area contributed by atoms with Crippen LogP contribution in [0.15, 0.2) is 24.3 Å². The number of nitrogen functional groups attached to an aromatic ring is 1. The van der Waals surface area contributed by atoms with Crippen molar-refractivity contribution < 1.29 is 14.3 Å². The van der Waals surface area contributed by atoms with Crippen molar-refractivity contribution in [2.45, 2.75) is 57.6 Å². The van der Waals surface area contributed by atoms with Crippen molar-refractivity contribution in [2.24, 2.45) is 5.73 Å². The third-order valence-electron chi connectivity index (χ3n) is 6.20. The number of benzene rings is 1. The first-order valence-electron chi connectivity index (χ1n) is 11.1. The minimum Gasteiger partial charge on any atom is -0.490 e. The second-order valence-corrected chi connectivity index (χ2v) is 8.39. The van der Waals surface area contributed by atoms with Gasteiger partial charge in [0.2, 0.25) is 0 Å². The molecule has 2 heterocycles. The zero-order chi connectivity index (χ0) is 22.7. The fraction of sp³-hybridized carbons (Fsp3) is 0.458. The number of aromatic nitrogens is 2. The number of primary amides is 1. The van der Waals surface area contributed by atoms with E-state index in [1.54, 1.807) is 16.5 Å². The third-order valence-corrected chi connectivity index (χ3v) is 6.20. The molecule has 8 nitrogen and oxygen atoms in total. The van der Waals surface area contributed by atoms with Crippen molar-refractivity contribution in [1.82, 2.24) is 14.7 Å². The van der Waals surface area contributed by atoms with Gasteiger partial charge in [0, 0.05) is 18.7 Å². The van der Waals surface area contributed by atoms with Gasteiger partial charge in [0.1, 0.15) is 22.8 Å². The molecule has 0 spiro atoms. The maximum atomic E-state index is 12.2. The molecule has 1 atom stereocenters. The van der Waals surface area contributed by atoms with Crippen molar-refractivity contribution in [3.8, 4) is 28.8 Å².